The standard InChI is InChI=1S/C19H21N3O4/c1-20-19(24)22-18(23)17(13-7-3-2-4-8-13)21-11-14-12-25-15-9-5-6-10-16(15)26-14/h2-10,14,17,21H,11-12H2,1H3,(H2,20,22,23,24)/t14-,17-/m1/s1. The van der Waals surface area contributed by atoms with Crippen LogP contribution in [0.2, 0.25) is 0 Å². The summed E-state index contributed by atoms with van der Waals surface area (Å²) in [7, 11) is 1.46. The molecule has 0 aromatic heterocycles. The van der Waals surface area contributed by atoms with E-state index in [0.29, 0.717) is 24.7 Å². The Kier molecular flexibility index (Phi) is 5.70. The Hall–Kier alpha value is -3.06. The van der Waals surface area contributed by atoms with E-state index in [1.807, 2.05) is 54.6 Å². The molecule has 1 heterocycles. The molecule has 2 atom stereocenters. The second-order valence-corrected chi connectivity index (χ2v) is 5.82. The first-order valence-corrected chi connectivity index (χ1v) is 8.36. The number of hydrogen-bond acceptors (Lipinski definition) is 5. The van der Waals surface area contributed by atoms with Crippen LogP contribution in [-0.4, -0.2) is 38.2 Å². The van der Waals surface area contributed by atoms with Gasteiger partial charge in [0.15, 0.2) is 11.5 Å². The van der Waals surface area contributed by atoms with E-state index in [4.69, 9.17) is 9.47 Å². The van der Waals surface area contributed by atoms with Gasteiger partial charge in [0.05, 0.1) is 0 Å². The summed E-state index contributed by atoms with van der Waals surface area (Å²) in [5.74, 6) is 0.949. The molecule has 1 aliphatic rings. The number of imide groups is 1. The van der Waals surface area contributed by atoms with Crippen LogP contribution in [-0.2, 0) is 4.79 Å². The fraction of sp³-hybridized carbons (Fsp3) is 0.263. The Morgan fingerprint density at radius 1 is 1.08 bits per heavy atom. The maximum atomic E-state index is 12.5. The van der Waals surface area contributed by atoms with E-state index in [1.54, 1.807) is 0 Å². The maximum Gasteiger partial charge on any atom is 0.321 e. The van der Waals surface area contributed by atoms with Gasteiger partial charge in [0.2, 0.25) is 5.91 Å². The third kappa shape index (κ3) is 4.31. The van der Waals surface area contributed by atoms with Crippen molar-refractivity contribution < 1.29 is 19.1 Å². The van der Waals surface area contributed by atoms with Gasteiger partial charge >= 0.3 is 6.03 Å². The van der Waals surface area contributed by atoms with Crippen molar-refractivity contribution in [2.75, 3.05) is 20.2 Å². The van der Waals surface area contributed by atoms with Crippen molar-refractivity contribution in [3.05, 3.63) is 60.2 Å². The number of carbonyl (C=O) groups excluding carboxylic acids is 2. The molecule has 0 unspecified atom stereocenters. The Labute approximate surface area is 151 Å². The number of carbonyl (C=O) groups is 2. The number of amides is 3. The monoisotopic (exact) mass is 355 g/mol. The van der Waals surface area contributed by atoms with Crippen LogP contribution in [0, 0.1) is 0 Å². The lowest BCUT2D eigenvalue weighted by Crippen LogP contribution is -2.47. The summed E-state index contributed by atoms with van der Waals surface area (Å²) < 4.78 is 11.6. The third-order valence-electron chi connectivity index (χ3n) is 3.98. The summed E-state index contributed by atoms with van der Waals surface area (Å²) in [6.07, 6.45) is -0.246. The molecule has 2 aromatic rings. The first kappa shape index (κ1) is 17.8. The highest BCUT2D eigenvalue weighted by molar-refractivity contribution is 5.97. The molecule has 0 saturated carbocycles. The fourth-order valence-electron chi connectivity index (χ4n) is 2.67. The van der Waals surface area contributed by atoms with Crippen LogP contribution in [0.3, 0.4) is 0 Å². The molecule has 0 aliphatic carbocycles. The summed E-state index contributed by atoms with van der Waals surface area (Å²) in [6, 6.07) is 15.4. The van der Waals surface area contributed by atoms with Gasteiger partial charge < -0.3 is 14.8 Å². The number of hydrogen-bond donors (Lipinski definition) is 3. The van der Waals surface area contributed by atoms with Crippen molar-refractivity contribution in [3.63, 3.8) is 0 Å². The van der Waals surface area contributed by atoms with Gasteiger partial charge in [-0.1, -0.05) is 42.5 Å². The first-order valence-electron chi connectivity index (χ1n) is 8.36. The SMILES string of the molecule is CNC(=O)NC(=O)[C@H](NC[C@@H]1COc2ccccc2O1)c1ccccc1. The van der Waals surface area contributed by atoms with Crippen LogP contribution in [0.4, 0.5) is 4.79 Å². The van der Waals surface area contributed by atoms with Gasteiger partial charge in [-0.25, -0.2) is 4.79 Å². The second kappa shape index (κ2) is 8.35. The zero-order chi connectivity index (χ0) is 18.4. The molecule has 0 spiro atoms. The zero-order valence-corrected chi connectivity index (χ0v) is 14.4. The molecule has 2 aromatic carbocycles. The molecule has 3 rings (SSSR count). The lowest BCUT2D eigenvalue weighted by Gasteiger charge is -2.28. The summed E-state index contributed by atoms with van der Waals surface area (Å²) in [5.41, 5.74) is 0.756. The van der Waals surface area contributed by atoms with Gasteiger partial charge in [0, 0.05) is 13.6 Å². The Balaban J connectivity index is 1.66. The molecule has 3 N–H and O–H groups in total. The first-order chi connectivity index (χ1) is 12.7. The Bertz CT molecular complexity index is 766. The molecule has 3 amide bonds. The molecule has 0 saturated heterocycles. The van der Waals surface area contributed by atoms with E-state index in [-0.39, 0.29) is 6.10 Å². The predicted molar refractivity (Wildman–Crippen MR) is 96.1 cm³/mol. The van der Waals surface area contributed by atoms with Gasteiger partial charge in [-0.15, -0.1) is 0 Å². The van der Waals surface area contributed by atoms with Gasteiger partial charge in [0.25, 0.3) is 0 Å². The van der Waals surface area contributed by atoms with Crippen molar-refractivity contribution in [2.24, 2.45) is 0 Å². The highest BCUT2D eigenvalue weighted by Gasteiger charge is 2.26. The van der Waals surface area contributed by atoms with E-state index < -0.39 is 18.0 Å². The third-order valence-corrected chi connectivity index (χ3v) is 3.98. The van der Waals surface area contributed by atoms with Gasteiger partial charge in [-0.3, -0.25) is 15.4 Å². The number of fused-ring (bicyclic) bond motifs is 1. The smallest absolute Gasteiger partial charge is 0.321 e. The predicted octanol–water partition coefficient (Wildman–Crippen LogP) is 1.61. The van der Waals surface area contributed by atoms with E-state index >= 15 is 0 Å². The highest BCUT2D eigenvalue weighted by atomic mass is 16.6. The maximum absolute atomic E-state index is 12.5. The average molecular weight is 355 g/mol. The molecular formula is C19H21N3O4. The lowest BCUT2D eigenvalue weighted by atomic mass is 10.1. The van der Waals surface area contributed by atoms with Crippen LogP contribution in [0.25, 0.3) is 0 Å². The molecule has 7 heteroatoms. The molecule has 0 fully saturated rings. The quantitative estimate of drug-likeness (QED) is 0.758. The normalized spacial score (nSPS) is 16.4. The van der Waals surface area contributed by atoms with E-state index in [2.05, 4.69) is 16.0 Å². The van der Waals surface area contributed by atoms with Gasteiger partial charge in [0.1, 0.15) is 18.8 Å². The minimum absolute atomic E-state index is 0.246. The number of nitrogens with one attached hydrogen (secondary N) is 3. The minimum atomic E-state index is -0.686. The van der Waals surface area contributed by atoms with Gasteiger partial charge in [-0.2, -0.15) is 0 Å². The van der Waals surface area contributed by atoms with E-state index in [1.165, 1.54) is 7.05 Å². The topological polar surface area (TPSA) is 88.7 Å². The molecule has 7 nitrogen and oxygen atoms in total. The summed E-state index contributed by atoms with van der Waals surface area (Å²) >= 11 is 0. The number of para-hydroxylation sites is 2. The lowest BCUT2D eigenvalue weighted by molar-refractivity contribution is -0.122. The van der Waals surface area contributed by atoms with Crippen LogP contribution in [0.1, 0.15) is 11.6 Å². The Morgan fingerprint density at radius 2 is 1.77 bits per heavy atom. The van der Waals surface area contributed by atoms with Crippen LogP contribution >= 0.6 is 0 Å². The fourth-order valence-corrected chi connectivity index (χ4v) is 2.67. The number of benzene rings is 2. The second-order valence-electron chi connectivity index (χ2n) is 5.82. The zero-order valence-electron chi connectivity index (χ0n) is 14.4. The molecule has 26 heavy (non-hydrogen) atoms. The van der Waals surface area contributed by atoms with Crippen molar-refractivity contribution in [2.45, 2.75) is 12.1 Å². The van der Waals surface area contributed by atoms with E-state index in [0.717, 1.165) is 5.56 Å². The number of rotatable bonds is 5. The molecular weight excluding hydrogens is 334 g/mol. The van der Waals surface area contributed by atoms with Crippen LogP contribution in [0.5, 0.6) is 11.5 Å². The average Bonchev–Trinajstić information content (AvgIpc) is 2.68. The van der Waals surface area contributed by atoms with Gasteiger partial charge in [-0.05, 0) is 17.7 Å². The van der Waals surface area contributed by atoms with Crippen molar-refractivity contribution in [3.8, 4) is 11.5 Å². The summed E-state index contributed by atoms with van der Waals surface area (Å²) in [4.78, 5) is 24.0. The van der Waals surface area contributed by atoms with Crippen molar-refractivity contribution in [1.29, 1.82) is 0 Å². The largest absolute Gasteiger partial charge is 0.486 e. The molecule has 136 valence electrons. The van der Waals surface area contributed by atoms with E-state index in [9.17, 15) is 9.59 Å². The highest BCUT2D eigenvalue weighted by Crippen LogP contribution is 2.30. The van der Waals surface area contributed by atoms with Crippen LogP contribution < -0.4 is 25.4 Å². The van der Waals surface area contributed by atoms with Crippen LogP contribution in [0.15, 0.2) is 54.6 Å². The summed E-state index contributed by atoms with van der Waals surface area (Å²) in [5, 5.41) is 7.85. The molecule has 0 bridgehead atoms. The minimum Gasteiger partial charge on any atom is -0.486 e. The Morgan fingerprint density at radius 3 is 2.50 bits per heavy atom. The number of ether oxygens (including phenoxy) is 2. The number of urea groups is 1. The summed E-state index contributed by atoms with van der Waals surface area (Å²) in [6.45, 7) is 0.762. The molecule has 1 aliphatic heterocycles. The molecule has 0 radical (unpaired) electrons. The van der Waals surface area contributed by atoms with Crippen molar-refractivity contribution in [1.82, 2.24) is 16.0 Å². The van der Waals surface area contributed by atoms with Crippen molar-refractivity contribution >= 4 is 11.9 Å².